The van der Waals surface area contributed by atoms with Crippen LogP contribution in [0.1, 0.15) is 5.69 Å². The van der Waals surface area contributed by atoms with Crippen molar-refractivity contribution >= 4 is 23.1 Å². The SMILES string of the molecule is c1csc(SCc2ccon2)c1. The van der Waals surface area contributed by atoms with Crippen molar-refractivity contribution in [3.8, 4) is 0 Å². The third-order valence-electron chi connectivity index (χ3n) is 1.35. The average molecular weight is 197 g/mol. The number of nitrogens with zero attached hydrogens (tertiary/aromatic N) is 1. The molecule has 0 fully saturated rings. The molecule has 2 heterocycles. The van der Waals surface area contributed by atoms with Crippen molar-refractivity contribution in [2.45, 2.75) is 9.96 Å². The first-order valence-electron chi connectivity index (χ1n) is 3.51. The fraction of sp³-hybridized carbons (Fsp3) is 0.125. The highest BCUT2D eigenvalue weighted by molar-refractivity contribution is 8.00. The van der Waals surface area contributed by atoms with E-state index >= 15 is 0 Å². The van der Waals surface area contributed by atoms with Gasteiger partial charge in [0.25, 0.3) is 0 Å². The molecule has 0 aliphatic carbocycles. The molecule has 0 saturated heterocycles. The van der Waals surface area contributed by atoms with Crippen molar-refractivity contribution in [3.05, 3.63) is 35.5 Å². The first kappa shape index (κ1) is 7.89. The second kappa shape index (κ2) is 3.78. The van der Waals surface area contributed by atoms with Gasteiger partial charge in [-0.3, -0.25) is 0 Å². The van der Waals surface area contributed by atoms with E-state index in [0.29, 0.717) is 0 Å². The quantitative estimate of drug-likeness (QED) is 0.707. The Morgan fingerprint density at radius 2 is 2.50 bits per heavy atom. The van der Waals surface area contributed by atoms with Crippen LogP contribution in [-0.4, -0.2) is 5.16 Å². The van der Waals surface area contributed by atoms with Crippen molar-refractivity contribution in [3.63, 3.8) is 0 Å². The van der Waals surface area contributed by atoms with Gasteiger partial charge in [0.1, 0.15) is 6.26 Å². The summed E-state index contributed by atoms with van der Waals surface area (Å²) in [6.07, 6.45) is 1.60. The van der Waals surface area contributed by atoms with E-state index in [1.165, 1.54) is 4.21 Å². The fourth-order valence-corrected chi connectivity index (χ4v) is 2.48. The maximum absolute atomic E-state index is 4.72. The van der Waals surface area contributed by atoms with Gasteiger partial charge in [0, 0.05) is 11.8 Å². The molecule has 0 aliphatic heterocycles. The van der Waals surface area contributed by atoms with E-state index in [4.69, 9.17) is 4.52 Å². The van der Waals surface area contributed by atoms with Gasteiger partial charge in [0.05, 0.1) is 9.90 Å². The van der Waals surface area contributed by atoms with E-state index in [-0.39, 0.29) is 0 Å². The van der Waals surface area contributed by atoms with Crippen LogP contribution in [0.4, 0.5) is 0 Å². The van der Waals surface area contributed by atoms with Crippen LogP contribution in [0.2, 0.25) is 0 Å². The molecule has 12 heavy (non-hydrogen) atoms. The number of hydrogen-bond acceptors (Lipinski definition) is 4. The molecule has 0 N–H and O–H groups in total. The molecule has 0 saturated carbocycles. The number of hydrogen-bond donors (Lipinski definition) is 0. The minimum Gasteiger partial charge on any atom is -0.364 e. The highest BCUT2D eigenvalue weighted by Crippen LogP contribution is 2.26. The predicted molar refractivity (Wildman–Crippen MR) is 50.4 cm³/mol. The Kier molecular flexibility index (Phi) is 2.48. The zero-order valence-corrected chi connectivity index (χ0v) is 7.90. The van der Waals surface area contributed by atoms with Gasteiger partial charge in [-0.15, -0.1) is 23.1 Å². The molecule has 2 rings (SSSR count). The van der Waals surface area contributed by atoms with Gasteiger partial charge in [-0.25, -0.2) is 0 Å². The lowest BCUT2D eigenvalue weighted by atomic mass is 10.5. The van der Waals surface area contributed by atoms with Gasteiger partial charge in [-0.1, -0.05) is 11.2 Å². The average Bonchev–Trinajstić information content (AvgIpc) is 2.74. The van der Waals surface area contributed by atoms with Crippen LogP contribution < -0.4 is 0 Å². The molecule has 2 aromatic rings. The maximum Gasteiger partial charge on any atom is 0.124 e. The minimum absolute atomic E-state index is 0.886. The van der Waals surface area contributed by atoms with E-state index < -0.39 is 0 Å². The summed E-state index contributed by atoms with van der Waals surface area (Å²) in [6, 6.07) is 6.05. The van der Waals surface area contributed by atoms with Crippen LogP contribution in [0.15, 0.2) is 38.6 Å². The Hall–Kier alpha value is -0.740. The monoisotopic (exact) mass is 197 g/mol. The Balaban J connectivity index is 1.91. The molecule has 0 spiro atoms. The minimum atomic E-state index is 0.886. The lowest BCUT2D eigenvalue weighted by molar-refractivity contribution is 0.414. The molecule has 4 heteroatoms. The molecule has 0 aliphatic rings. The van der Waals surface area contributed by atoms with E-state index in [1.807, 2.05) is 6.07 Å². The molecule has 2 nitrogen and oxygen atoms in total. The number of thioether (sulfide) groups is 1. The zero-order chi connectivity index (χ0) is 8.23. The predicted octanol–water partition coefficient (Wildman–Crippen LogP) is 3.03. The van der Waals surface area contributed by atoms with E-state index in [2.05, 4.69) is 22.7 Å². The summed E-state index contributed by atoms with van der Waals surface area (Å²) in [5, 5.41) is 5.90. The number of rotatable bonds is 3. The summed E-state index contributed by atoms with van der Waals surface area (Å²) in [4.78, 5) is 0. The Morgan fingerprint density at radius 3 is 3.17 bits per heavy atom. The van der Waals surface area contributed by atoms with E-state index in [1.54, 1.807) is 29.4 Å². The van der Waals surface area contributed by atoms with Crippen molar-refractivity contribution in [1.29, 1.82) is 0 Å². The Morgan fingerprint density at radius 1 is 1.50 bits per heavy atom. The van der Waals surface area contributed by atoms with Crippen LogP contribution in [0.25, 0.3) is 0 Å². The van der Waals surface area contributed by atoms with Crippen LogP contribution in [0.3, 0.4) is 0 Å². The molecule has 0 unspecified atom stereocenters. The first-order chi connectivity index (χ1) is 5.95. The van der Waals surface area contributed by atoms with E-state index in [9.17, 15) is 0 Å². The smallest absolute Gasteiger partial charge is 0.124 e. The largest absolute Gasteiger partial charge is 0.364 e. The van der Waals surface area contributed by atoms with Crippen LogP contribution in [-0.2, 0) is 5.75 Å². The van der Waals surface area contributed by atoms with Crippen molar-refractivity contribution in [2.75, 3.05) is 0 Å². The standard InChI is InChI=1S/C8H7NOS2/c1-2-8(11-5-1)12-6-7-3-4-10-9-7/h1-5H,6H2. The molecule has 0 aromatic carbocycles. The fourth-order valence-electron chi connectivity index (χ4n) is 0.803. The highest BCUT2D eigenvalue weighted by Gasteiger charge is 1.98. The summed E-state index contributed by atoms with van der Waals surface area (Å²) in [7, 11) is 0. The van der Waals surface area contributed by atoms with Crippen molar-refractivity contribution in [1.82, 2.24) is 5.16 Å². The molecule has 0 amide bonds. The summed E-state index contributed by atoms with van der Waals surface area (Å²) < 4.78 is 6.04. The maximum atomic E-state index is 4.72. The lowest BCUT2D eigenvalue weighted by Gasteiger charge is -1.91. The van der Waals surface area contributed by atoms with Crippen molar-refractivity contribution in [2.24, 2.45) is 0 Å². The normalized spacial score (nSPS) is 10.3. The van der Waals surface area contributed by atoms with Crippen LogP contribution in [0.5, 0.6) is 0 Å². The third-order valence-corrected chi connectivity index (χ3v) is 3.51. The molecule has 0 radical (unpaired) electrons. The summed E-state index contributed by atoms with van der Waals surface area (Å²) >= 11 is 3.53. The molecular formula is C8H7NOS2. The first-order valence-corrected chi connectivity index (χ1v) is 5.37. The van der Waals surface area contributed by atoms with Crippen molar-refractivity contribution < 1.29 is 4.52 Å². The van der Waals surface area contributed by atoms with Crippen LogP contribution >= 0.6 is 23.1 Å². The topological polar surface area (TPSA) is 26.0 Å². The summed E-state index contributed by atoms with van der Waals surface area (Å²) in [6.45, 7) is 0. The zero-order valence-electron chi connectivity index (χ0n) is 6.27. The van der Waals surface area contributed by atoms with Gasteiger partial charge in [0.2, 0.25) is 0 Å². The molecule has 0 bridgehead atoms. The third kappa shape index (κ3) is 1.89. The molecule has 0 atom stereocenters. The molecule has 2 aromatic heterocycles. The Bertz CT molecular complexity index is 280. The Labute approximate surface area is 78.6 Å². The van der Waals surface area contributed by atoms with Crippen LogP contribution in [0, 0.1) is 0 Å². The molecule has 62 valence electrons. The summed E-state index contributed by atoms with van der Waals surface area (Å²) in [5.74, 6) is 0.886. The van der Waals surface area contributed by atoms with Gasteiger partial charge in [-0.05, 0) is 11.4 Å². The lowest BCUT2D eigenvalue weighted by Crippen LogP contribution is -1.76. The van der Waals surface area contributed by atoms with Gasteiger partial charge in [0.15, 0.2) is 0 Å². The number of thiophene rings is 1. The molecular weight excluding hydrogens is 190 g/mol. The summed E-state index contributed by atoms with van der Waals surface area (Å²) in [5.41, 5.74) is 0.994. The highest BCUT2D eigenvalue weighted by atomic mass is 32.2. The number of aromatic nitrogens is 1. The van der Waals surface area contributed by atoms with Gasteiger partial charge >= 0.3 is 0 Å². The second-order valence-corrected chi connectivity index (χ2v) is 4.43. The second-order valence-electron chi connectivity index (χ2n) is 2.21. The van der Waals surface area contributed by atoms with Gasteiger partial charge in [-0.2, -0.15) is 0 Å². The van der Waals surface area contributed by atoms with E-state index in [0.717, 1.165) is 11.4 Å². The van der Waals surface area contributed by atoms with Gasteiger partial charge < -0.3 is 4.52 Å².